The smallest absolute Gasteiger partial charge is 0.127 e. The number of hydrogen-bond donors (Lipinski definition) is 2. The quantitative estimate of drug-likeness (QED) is 0.759. The molecule has 0 aliphatic carbocycles. The van der Waals surface area contributed by atoms with Crippen molar-refractivity contribution in [2.75, 3.05) is 13.2 Å². The van der Waals surface area contributed by atoms with Gasteiger partial charge in [0, 0.05) is 18.2 Å². The van der Waals surface area contributed by atoms with Crippen molar-refractivity contribution in [3.8, 4) is 11.5 Å². The summed E-state index contributed by atoms with van der Waals surface area (Å²) in [5.74, 6) is 1.45. The van der Waals surface area contributed by atoms with Crippen molar-refractivity contribution in [3.63, 3.8) is 0 Å². The van der Waals surface area contributed by atoms with E-state index in [9.17, 15) is 5.11 Å². The van der Waals surface area contributed by atoms with Gasteiger partial charge in [-0.05, 0) is 25.8 Å². The van der Waals surface area contributed by atoms with Crippen LogP contribution in [0, 0.1) is 0 Å². The molecule has 1 atom stereocenters. The Hall–Kier alpha value is -1.26. The Kier molecular flexibility index (Phi) is 6.12. The minimum atomic E-state index is -0.827. The van der Waals surface area contributed by atoms with Crippen LogP contribution in [0.2, 0.25) is 0 Å². The summed E-state index contributed by atoms with van der Waals surface area (Å²) in [7, 11) is 0. The molecule has 0 saturated heterocycles. The second kappa shape index (κ2) is 7.36. The third kappa shape index (κ3) is 5.09. The lowest BCUT2D eigenvalue weighted by molar-refractivity contribution is 0.00811. The summed E-state index contributed by atoms with van der Waals surface area (Å²) in [5, 5.41) is 9.97. The number of hydrogen-bond acceptors (Lipinski definition) is 4. The van der Waals surface area contributed by atoms with E-state index in [4.69, 9.17) is 15.2 Å². The number of rotatable bonds is 8. The first-order valence-electron chi connectivity index (χ1n) is 6.83. The highest BCUT2D eigenvalue weighted by molar-refractivity contribution is 5.40. The number of aliphatic hydroxyl groups is 1. The topological polar surface area (TPSA) is 64.7 Å². The molecule has 1 aromatic rings. The van der Waals surface area contributed by atoms with Crippen molar-refractivity contribution in [3.05, 3.63) is 23.8 Å². The van der Waals surface area contributed by atoms with Crippen LogP contribution < -0.4 is 15.2 Å². The molecule has 1 unspecified atom stereocenters. The van der Waals surface area contributed by atoms with E-state index < -0.39 is 5.60 Å². The molecule has 1 aromatic carbocycles. The molecule has 0 fully saturated rings. The molecule has 0 aromatic heterocycles. The van der Waals surface area contributed by atoms with Crippen molar-refractivity contribution >= 4 is 0 Å². The van der Waals surface area contributed by atoms with Crippen molar-refractivity contribution in [1.29, 1.82) is 0 Å². The molecule has 4 heteroatoms. The van der Waals surface area contributed by atoms with Gasteiger partial charge in [0.1, 0.15) is 18.1 Å². The van der Waals surface area contributed by atoms with Crippen LogP contribution in [0.4, 0.5) is 0 Å². The number of benzene rings is 1. The van der Waals surface area contributed by atoms with Gasteiger partial charge in [-0.2, -0.15) is 0 Å². The van der Waals surface area contributed by atoms with Gasteiger partial charge in [-0.25, -0.2) is 0 Å². The lowest BCUT2D eigenvalue weighted by atomic mass is 10.1. The first-order chi connectivity index (χ1) is 9.02. The second-order valence-electron chi connectivity index (χ2n) is 4.96. The fraction of sp³-hybridized carbons (Fsp3) is 0.600. The largest absolute Gasteiger partial charge is 0.493 e. The molecule has 4 nitrogen and oxygen atoms in total. The summed E-state index contributed by atoms with van der Waals surface area (Å²) in [6, 6.07) is 5.63. The standard InChI is InChI=1S/C15H25NO3/c1-4-8-18-13-7-6-12(10-16)14(9-13)19-11-15(3,17)5-2/h6-7,9,17H,4-5,8,10-11,16H2,1-3H3. The maximum atomic E-state index is 9.97. The Morgan fingerprint density at radius 1 is 1.26 bits per heavy atom. The minimum Gasteiger partial charge on any atom is -0.493 e. The molecule has 0 aliphatic heterocycles. The van der Waals surface area contributed by atoms with Gasteiger partial charge >= 0.3 is 0 Å². The van der Waals surface area contributed by atoms with E-state index in [-0.39, 0.29) is 6.61 Å². The van der Waals surface area contributed by atoms with E-state index in [1.807, 2.05) is 25.1 Å². The Labute approximate surface area is 115 Å². The van der Waals surface area contributed by atoms with Gasteiger partial charge in [-0.15, -0.1) is 0 Å². The van der Waals surface area contributed by atoms with Crippen molar-refractivity contribution in [1.82, 2.24) is 0 Å². The molecular weight excluding hydrogens is 242 g/mol. The van der Waals surface area contributed by atoms with E-state index in [0.29, 0.717) is 25.3 Å². The monoisotopic (exact) mass is 267 g/mol. The molecule has 0 bridgehead atoms. The van der Waals surface area contributed by atoms with Gasteiger partial charge in [0.15, 0.2) is 0 Å². The van der Waals surface area contributed by atoms with Crippen LogP contribution in [0.1, 0.15) is 39.2 Å². The van der Waals surface area contributed by atoms with Crippen molar-refractivity contribution in [2.45, 2.75) is 45.8 Å². The lowest BCUT2D eigenvalue weighted by Gasteiger charge is -2.22. The molecule has 0 amide bonds. The highest BCUT2D eigenvalue weighted by Gasteiger charge is 2.19. The second-order valence-corrected chi connectivity index (χ2v) is 4.96. The Bertz CT molecular complexity index is 391. The molecule has 3 N–H and O–H groups in total. The van der Waals surface area contributed by atoms with Crippen LogP contribution in [0.15, 0.2) is 18.2 Å². The van der Waals surface area contributed by atoms with Gasteiger partial charge in [0.05, 0.1) is 12.2 Å². The first kappa shape index (κ1) is 15.8. The third-order valence-electron chi connectivity index (χ3n) is 3.03. The van der Waals surface area contributed by atoms with E-state index in [2.05, 4.69) is 6.92 Å². The summed E-state index contributed by atoms with van der Waals surface area (Å²) in [5.41, 5.74) is 5.77. The van der Waals surface area contributed by atoms with Crippen molar-refractivity contribution in [2.24, 2.45) is 5.73 Å². The molecule has 0 heterocycles. The molecule has 0 aliphatic rings. The molecule has 0 saturated carbocycles. The van der Waals surface area contributed by atoms with Gasteiger partial charge in [0.2, 0.25) is 0 Å². The summed E-state index contributed by atoms with van der Waals surface area (Å²) < 4.78 is 11.3. The predicted molar refractivity (Wildman–Crippen MR) is 76.5 cm³/mol. The van der Waals surface area contributed by atoms with E-state index in [1.54, 1.807) is 6.92 Å². The zero-order valence-corrected chi connectivity index (χ0v) is 12.1. The molecule has 0 radical (unpaired) electrons. The zero-order valence-electron chi connectivity index (χ0n) is 12.1. The summed E-state index contributed by atoms with van der Waals surface area (Å²) in [6.45, 7) is 7.06. The average molecular weight is 267 g/mol. The average Bonchev–Trinajstić information content (AvgIpc) is 2.43. The highest BCUT2D eigenvalue weighted by atomic mass is 16.5. The fourth-order valence-corrected chi connectivity index (χ4v) is 1.48. The van der Waals surface area contributed by atoms with Gasteiger partial charge in [-0.1, -0.05) is 19.9 Å². The Morgan fingerprint density at radius 2 is 2.00 bits per heavy atom. The molecule has 0 spiro atoms. The summed E-state index contributed by atoms with van der Waals surface area (Å²) >= 11 is 0. The molecular formula is C15H25NO3. The Morgan fingerprint density at radius 3 is 2.58 bits per heavy atom. The summed E-state index contributed by atoms with van der Waals surface area (Å²) in [6.07, 6.45) is 1.59. The molecule has 19 heavy (non-hydrogen) atoms. The Balaban J connectivity index is 2.78. The number of ether oxygens (including phenoxy) is 2. The molecule has 1 rings (SSSR count). The van der Waals surface area contributed by atoms with Crippen LogP contribution in [0.25, 0.3) is 0 Å². The predicted octanol–water partition coefficient (Wildman–Crippen LogP) is 2.47. The maximum absolute atomic E-state index is 9.97. The van der Waals surface area contributed by atoms with E-state index >= 15 is 0 Å². The highest BCUT2D eigenvalue weighted by Crippen LogP contribution is 2.26. The van der Waals surface area contributed by atoms with Crippen LogP contribution in [0.3, 0.4) is 0 Å². The summed E-state index contributed by atoms with van der Waals surface area (Å²) in [4.78, 5) is 0. The third-order valence-corrected chi connectivity index (χ3v) is 3.03. The van der Waals surface area contributed by atoms with Crippen LogP contribution in [0.5, 0.6) is 11.5 Å². The van der Waals surface area contributed by atoms with E-state index in [0.717, 1.165) is 17.7 Å². The minimum absolute atomic E-state index is 0.244. The van der Waals surface area contributed by atoms with Crippen LogP contribution in [-0.4, -0.2) is 23.9 Å². The fourth-order valence-electron chi connectivity index (χ4n) is 1.48. The van der Waals surface area contributed by atoms with Gasteiger partial charge < -0.3 is 20.3 Å². The normalized spacial score (nSPS) is 13.9. The first-order valence-corrected chi connectivity index (χ1v) is 6.83. The lowest BCUT2D eigenvalue weighted by Crippen LogP contribution is -2.31. The van der Waals surface area contributed by atoms with E-state index in [1.165, 1.54) is 0 Å². The SMILES string of the molecule is CCCOc1ccc(CN)c(OCC(C)(O)CC)c1. The zero-order chi connectivity index (χ0) is 14.3. The van der Waals surface area contributed by atoms with Crippen LogP contribution >= 0.6 is 0 Å². The van der Waals surface area contributed by atoms with Gasteiger partial charge in [0.25, 0.3) is 0 Å². The number of nitrogens with two attached hydrogens (primary N) is 1. The van der Waals surface area contributed by atoms with Gasteiger partial charge in [-0.3, -0.25) is 0 Å². The maximum Gasteiger partial charge on any atom is 0.127 e. The van der Waals surface area contributed by atoms with Crippen molar-refractivity contribution < 1.29 is 14.6 Å². The molecule has 108 valence electrons. The van der Waals surface area contributed by atoms with Crippen LogP contribution in [-0.2, 0) is 6.54 Å².